The Morgan fingerprint density at radius 1 is 1.11 bits per heavy atom. The molecule has 0 radical (unpaired) electrons. The van der Waals surface area contributed by atoms with E-state index >= 15 is 0 Å². The molecular weight excluding hydrogens is 428 g/mol. The summed E-state index contributed by atoms with van der Waals surface area (Å²) in [5.41, 5.74) is 8.84. The second-order valence-corrected chi connectivity index (χ2v) is 10.4. The van der Waals surface area contributed by atoms with Gasteiger partial charge in [0.25, 0.3) is 0 Å². The van der Waals surface area contributed by atoms with Gasteiger partial charge in [0.2, 0.25) is 0 Å². The number of nitrogens with zero attached hydrogens (tertiary/aromatic N) is 2. The minimum Gasteiger partial charge on any atom is -0.300 e. The summed E-state index contributed by atoms with van der Waals surface area (Å²) in [6.07, 6.45) is 20.8. The molecule has 0 spiro atoms. The molecule has 2 aromatic rings. The predicted molar refractivity (Wildman–Crippen MR) is 151 cm³/mol. The van der Waals surface area contributed by atoms with Crippen molar-refractivity contribution in [1.29, 1.82) is 0 Å². The van der Waals surface area contributed by atoms with Crippen LogP contribution in [0.2, 0.25) is 0 Å². The van der Waals surface area contributed by atoms with Crippen LogP contribution in [0.4, 0.5) is 0 Å². The molecule has 1 saturated carbocycles. The molecule has 3 nitrogen and oxygen atoms in total. The molecule has 186 valence electrons. The highest BCUT2D eigenvalue weighted by atomic mass is 16.1. The Kier molecular flexibility index (Phi) is 7.51. The lowest BCUT2D eigenvalue weighted by Gasteiger charge is -2.31. The third-order valence-corrected chi connectivity index (χ3v) is 7.77. The van der Waals surface area contributed by atoms with Gasteiger partial charge < -0.3 is 0 Å². The van der Waals surface area contributed by atoms with E-state index in [1.165, 1.54) is 47.2 Å². The maximum atomic E-state index is 13.0. The summed E-state index contributed by atoms with van der Waals surface area (Å²) in [5, 5.41) is 0. The Bertz CT molecular complexity index is 1210. The van der Waals surface area contributed by atoms with Crippen molar-refractivity contribution >= 4 is 11.5 Å². The number of hydrogen-bond donors (Lipinski definition) is 0. The zero-order valence-corrected chi connectivity index (χ0v) is 20.9. The van der Waals surface area contributed by atoms with Crippen LogP contribution < -0.4 is 0 Å². The first-order valence-electron chi connectivity index (χ1n) is 13.3. The van der Waals surface area contributed by atoms with E-state index in [9.17, 15) is 4.79 Å². The van der Waals surface area contributed by atoms with Gasteiger partial charge in [-0.1, -0.05) is 54.5 Å². The number of hydrogen-bond acceptors (Lipinski definition) is 3. The minimum atomic E-state index is 0. The Balaban J connectivity index is 0.00000169. The fourth-order valence-corrected chi connectivity index (χ4v) is 5.98. The van der Waals surface area contributed by atoms with Crippen molar-refractivity contribution in [2.45, 2.75) is 71.1 Å². The van der Waals surface area contributed by atoms with Gasteiger partial charge in [0.05, 0.1) is 5.71 Å². The van der Waals surface area contributed by atoms with Gasteiger partial charge in [0.15, 0.2) is 0 Å². The summed E-state index contributed by atoms with van der Waals surface area (Å²) in [5.74, 6) is 1.37. The smallest absolute Gasteiger partial charge is 0.133 e. The molecule has 2 atom stereocenters. The van der Waals surface area contributed by atoms with E-state index in [1.54, 1.807) is 5.57 Å². The van der Waals surface area contributed by atoms with Crippen LogP contribution in [0.5, 0.6) is 0 Å². The van der Waals surface area contributed by atoms with Crippen LogP contribution in [0.1, 0.15) is 73.3 Å². The van der Waals surface area contributed by atoms with Crippen molar-refractivity contribution in [3.63, 3.8) is 0 Å². The Labute approximate surface area is 214 Å². The molecule has 0 amide bonds. The Morgan fingerprint density at radius 3 is 2.94 bits per heavy atom. The number of rotatable bonds is 7. The van der Waals surface area contributed by atoms with Crippen molar-refractivity contribution < 1.29 is 9.07 Å². The molecule has 1 fully saturated rings. The van der Waals surface area contributed by atoms with E-state index in [0.717, 1.165) is 37.8 Å². The quantitative estimate of drug-likeness (QED) is 0.407. The van der Waals surface area contributed by atoms with Crippen LogP contribution in [-0.4, -0.2) is 16.5 Å². The summed E-state index contributed by atoms with van der Waals surface area (Å²) >= 11 is 0. The lowest BCUT2D eigenvalue weighted by atomic mass is 9.74. The van der Waals surface area contributed by atoms with Crippen molar-refractivity contribution in [2.24, 2.45) is 16.8 Å². The number of carbonyl (C=O) groups is 1. The monoisotopic (exact) mass is 470 g/mol. The number of carbonyl (C=O) groups excluding carboxylic acids is 1. The van der Waals surface area contributed by atoms with E-state index < -0.39 is 0 Å². The molecule has 1 unspecified atom stereocenters. The van der Waals surface area contributed by atoms with Gasteiger partial charge in [0, 0.05) is 41.1 Å². The third-order valence-electron chi connectivity index (χ3n) is 7.77. The molecule has 35 heavy (non-hydrogen) atoms. The second-order valence-electron chi connectivity index (χ2n) is 10.4. The van der Waals surface area contributed by atoms with E-state index in [-0.39, 0.29) is 4.28 Å². The van der Waals surface area contributed by atoms with Gasteiger partial charge >= 0.3 is 0 Å². The highest BCUT2D eigenvalue weighted by Crippen LogP contribution is 2.37. The van der Waals surface area contributed by atoms with Gasteiger partial charge in [-0.25, -0.2) is 0 Å². The van der Waals surface area contributed by atoms with Crippen LogP contribution in [-0.2, 0) is 11.2 Å². The average molecular weight is 471 g/mol. The molecular formula is C32H42N2O. The van der Waals surface area contributed by atoms with Crippen molar-refractivity contribution in [3.8, 4) is 11.1 Å². The fourth-order valence-electron chi connectivity index (χ4n) is 5.98. The molecule has 0 bridgehead atoms. The number of aromatic nitrogens is 1. The van der Waals surface area contributed by atoms with Gasteiger partial charge in [-0.05, 0) is 92.2 Å². The molecule has 1 aliphatic heterocycles. The first kappa shape index (κ1) is 23.7. The third kappa shape index (κ3) is 5.96. The highest BCUT2D eigenvalue weighted by Gasteiger charge is 2.29. The average Bonchev–Trinajstić information content (AvgIpc) is 3.11. The molecule has 2 heterocycles. The first-order valence-corrected chi connectivity index (χ1v) is 13.3. The number of pyridine rings is 1. The fraction of sp³-hybridized carbons (Fsp3) is 0.406. The summed E-state index contributed by atoms with van der Waals surface area (Å²) < 4.78 is 0. The van der Waals surface area contributed by atoms with Crippen molar-refractivity contribution in [3.05, 3.63) is 89.4 Å². The Hall–Kier alpha value is -3.07. The standard InChI is InChI=1S/C32H36N2O.3H2/c1-23-19-28(16-18-33-23)27-10-4-7-24(20-27)14-15-30(35)22-25-8-5-11-29(21-25)32-31-13-3-2-9-26(31)12-6-17-34-32;;;/h3-4,6-7,10,13,16-20,25,29H,2,5,8-9,11-12,14-15,21-22H2,1H3;3*1H/t25-,29?;;;/m1.../s1. The molecule has 5 rings (SSSR count). The van der Waals surface area contributed by atoms with Crippen LogP contribution in [0.25, 0.3) is 11.1 Å². The zero-order valence-electron chi connectivity index (χ0n) is 20.9. The normalized spacial score (nSPS) is 21.9. The summed E-state index contributed by atoms with van der Waals surface area (Å²) in [6.45, 7) is 2.02. The minimum absolute atomic E-state index is 0. The first-order chi connectivity index (χ1) is 17.2. The summed E-state index contributed by atoms with van der Waals surface area (Å²) in [7, 11) is 0. The molecule has 0 N–H and O–H groups in total. The zero-order chi connectivity index (χ0) is 24.0. The second kappa shape index (κ2) is 11.1. The van der Waals surface area contributed by atoms with E-state index in [2.05, 4.69) is 53.5 Å². The highest BCUT2D eigenvalue weighted by molar-refractivity contribution is 6.05. The van der Waals surface area contributed by atoms with Gasteiger partial charge in [-0.3, -0.25) is 14.8 Å². The molecule has 3 aliphatic rings. The number of aryl methyl sites for hydroxylation is 2. The van der Waals surface area contributed by atoms with E-state index in [4.69, 9.17) is 4.99 Å². The molecule has 1 aromatic heterocycles. The summed E-state index contributed by atoms with van der Waals surface area (Å²) in [6, 6.07) is 12.8. The van der Waals surface area contributed by atoms with Crippen LogP contribution in [0.15, 0.2) is 83.2 Å². The number of benzene rings is 1. The number of Topliss-reactive ketones (excluding diaryl/α,β-unsaturated/α-hetero) is 1. The van der Waals surface area contributed by atoms with E-state index in [0.29, 0.717) is 30.5 Å². The SMILES string of the molecule is Cc1cc(-c2cccc(CCC(=O)C[C@@H]3CCCC(C4=NC=CCC5=C4C=CCC5)C3)c2)ccn1.[HH].[HH].[HH]. The van der Waals surface area contributed by atoms with Gasteiger partial charge in [-0.2, -0.15) is 0 Å². The lowest BCUT2D eigenvalue weighted by Crippen LogP contribution is -2.26. The Morgan fingerprint density at radius 2 is 2.03 bits per heavy atom. The molecule has 0 saturated heterocycles. The van der Waals surface area contributed by atoms with Crippen LogP contribution in [0.3, 0.4) is 0 Å². The summed E-state index contributed by atoms with van der Waals surface area (Å²) in [4.78, 5) is 22.2. The number of allylic oxidation sites excluding steroid dienone is 5. The molecule has 1 aromatic carbocycles. The van der Waals surface area contributed by atoms with Gasteiger partial charge in [-0.15, -0.1) is 0 Å². The van der Waals surface area contributed by atoms with Crippen molar-refractivity contribution in [2.75, 3.05) is 0 Å². The maximum Gasteiger partial charge on any atom is 0.133 e. The number of aliphatic imine (C=N–C) groups is 1. The molecule has 2 aliphatic carbocycles. The maximum absolute atomic E-state index is 13.0. The molecule has 3 heteroatoms. The van der Waals surface area contributed by atoms with Crippen LogP contribution >= 0.6 is 0 Å². The topological polar surface area (TPSA) is 42.3 Å². The predicted octanol–water partition coefficient (Wildman–Crippen LogP) is 8.50. The van der Waals surface area contributed by atoms with Crippen molar-refractivity contribution in [1.82, 2.24) is 4.98 Å². The largest absolute Gasteiger partial charge is 0.300 e. The van der Waals surface area contributed by atoms with Gasteiger partial charge in [0.1, 0.15) is 5.78 Å². The van der Waals surface area contributed by atoms with E-state index in [1.807, 2.05) is 25.4 Å². The lowest BCUT2D eigenvalue weighted by molar-refractivity contribution is -0.120. The van der Waals surface area contributed by atoms with Crippen LogP contribution in [0, 0.1) is 18.8 Å². The number of ketones is 1.